The number of aryl methyl sites for hydroxylation is 1. The number of rotatable bonds is 11. The standard InChI is InChI=1S/C17H24ClN3O3.C7H8O3S/c1-13(2)19-10-15(22)12-24-17-5-3-16(4-6-17)23-8-7-21-11-14(18)9-20-21;1-6-2-4-7(5-3-6)11(8,9)10/h3-6,9,11,13,15,19,22H,7-8,10,12H2,1-2H3;2-5H,1H3,(H,8,9,10). The number of aliphatic hydroxyl groups is 1. The Bertz CT molecular complexity index is 1120. The molecular weight excluding hydrogens is 494 g/mol. The number of nitrogens with one attached hydrogen (secondary N) is 1. The molecule has 3 aromatic rings. The molecule has 0 aliphatic rings. The van der Waals surface area contributed by atoms with E-state index in [1.165, 1.54) is 12.1 Å². The van der Waals surface area contributed by atoms with Gasteiger partial charge in [0.25, 0.3) is 10.1 Å². The molecule has 0 fully saturated rings. The van der Waals surface area contributed by atoms with Gasteiger partial charge in [-0.05, 0) is 43.3 Å². The maximum Gasteiger partial charge on any atom is 0.294 e. The van der Waals surface area contributed by atoms with Crippen LogP contribution in [0.25, 0.3) is 0 Å². The maximum atomic E-state index is 10.5. The number of nitrogens with zero attached hydrogens (tertiary/aromatic N) is 2. The molecule has 0 radical (unpaired) electrons. The van der Waals surface area contributed by atoms with E-state index >= 15 is 0 Å². The van der Waals surface area contributed by atoms with E-state index in [-0.39, 0.29) is 11.5 Å². The monoisotopic (exact) mass is 525 g/mol. The molecule has 1 heterocycles. The smallest absolute Gasteiger partial charge is 0.294 e. The lowest BCUT2D eigenvalue weighted by molar-refractivity contribution is 0.104. The Morgan fingerprint density at radius 3 is 2.17 bits per heavy atom. The van der Waals surface area contributed by atoms with Gasteiger partial charge in [0.05, 0.1) is 22.7 Å². The predicted molar refractivity (Wildman–Crippen MR) is 135 cm³/mol. The number of halogens is 1. The summed E-state index contributed by atoms with van der Waals surface area (Å²) in [6, 6.07) is 13.6. The van der Waals surface area contributed by atoms with Crippen LogP contribution in [-0.4, -0.2) is 59.8 Å². The minimum absolute atomic E-state index is 0.0666. The van der Waals surface area contributed by atoms with Crippen LogP contribution in [0.3, 0.4) is 0 Å². The van der Waals surface area contributed by atoms with Gasteiger partial charge >= 0.3 is 0 Å². The molecule has 0 amide bonds. The number of aliphatic hydroxyl groups excluding tert-OH is 1. The second-order valence-electron chi connectivity index (χ2n) is 8.06. The van der Waals surface area contributed by atoms with Crippen LogP contribution in [0, 0.1) is 6.92 Å². The minimum atomic E-state index is -4.02. The number of hydrogen-bond donors (Lipinski definition) is 3. The minimum Gasteiger partial charge on any atom is -0.492 e. The normalized spacial score (nSPS) is 12.1. The highest BCUT2D eigenvalue weighted by molar-refractivity contribution is 7.85. The summed E-state index contributed by atoms with van der Waals surface area (Å²) in [5.41, 5.74) is 0.956. The molecule has 0 aliphatic heterocycles. The summed E-state index contributed by atoms with van der Waals surface area (Å²) in [6.07, 6.45) is 2.81. The lowest BCUT2D eigenvalue weighted by Crippen LogP contribution is -2.35. The fourth-order valence-electron chi connectivity index (χ4n) is 2.68. The van der Waals surface area contributed by atoms with Crippen LogP contribution < -0.4 is 14.8 Å². The van der Waals surface area contributed by atoms with Gasteiger partial charge in [0.1, 0.15) is 30.8 Å². The Kier molecular flexibility index (Phi) is 11.5. The van der Waals surface area contributed by atoms with Crippen molar-refractivity contribution in [3.05, 3.63) is 71.5 Å². The fourth-order valence-corrected chi connectivity index (χ4v) is 3.32. The summed E-state index contributed by atoms with van der Waals surface area (Å²) < 4.78 is 42.5. The molecule has 1 unspecified atom stereocenters. The zero-order valence-electron chi connectivity index (χ0n) is 20.0. The number of benzene rings is 2. The summed E-state index contributed by atoms with van der Waals surface area (Å²) in [7, 11) is -4.02. The highest BCUT2D eigenvalue weighted by atomic mass is 35.5. The Morgan fingerprint density at radius 1 is 1.06 bits per heavy atom. The number of hydrogen-bond acceptors (Lipinski definition) is 7. The molecule has 3 rings (SSSR count). The molecule has 0 saturated carbocycles. The summed E-state index contributed by atoms with van der Waals surface area (Å²) in [5, 5.41) is 17.7. The largest absolute Gasteiger partial charge is 0.492 e. The quantitative estimate of drug-likeness (QED) is 0.324. The third-order valence-corrected chi connectivity index (χ3v) is 5.60. The summed E-state index contributed by atoms with van der Waals surface area (Å²) in [5.74, 6) is 1.45. The topological polar surface area (TPSA) is 123 Å². The second-order valence-corrected chi connectivity index (χ2v) is 9.92. The van der Waals surface area contributed by atoms with Gasteiger partial charge in [-0.25, -0.2) is 0 Å². The van der Waals surface area contributed by atoms with Crippen molar-refractivity contribution in [2.24, 2.45) is 0 Å². The van der Waals surface area contributed by atoms with Crippen LogP contribution in [0.2, 0.25) is 5.02 Å². The first-order valence-electron chi connectivity index (χ1n) is 11.0. The molecule has 1 aromatic heterocycles. The first-order chi connectivity index (χ1) is 16.5. The molecule has 1 atom stereocenters. The molecule has 9 nitrogen and oxygen atoms in total. The van der Waals surface area contributed by atoms with Crippen molar-refractivity contribution in [2.75, 3.05) is 19.8 Å². The van der Waals surface area contributed by atoms with E-state index in [1.807, 2.05) is 45.0 Å². The van der Waals surface area contributed by atoms with Crippen LogP contribution >= 0.6 is 11.6 Å². The van der Waals surface area contributed by atoms with Gasteiger partial charge in [0.2, 0.25) is 0 Å². The summed E-state index contributed by atoms with van der Waals surface area (Å²) >= 11 is 5.80. The van der Waals surface area contributed by atoms with Crippen molar-refractivity contribution in [3.8, 4) is 11.5 Å². The Balaban J connectivity index is 0.000000328. The first-order valence-corrected chi connectivity index (χ1v) is 12.8. The summed E-state index contributed by atoms with van der Waals surface area (Å²) in [4.78, 5) is -0.0666. The Morgan fingerprint density at radius 2 is 1.66 bits per heavy atom. The third-order valence-electron chi connectivity index (χ3n) is 4.54. The molecule has 0 saturated heterocycles. The summed E-state index contributed by atoms with van der Waals surface area (Å²) in [6.45, 7) is 7.79. The Hall–Kier alpha value is -2.63. The molecule has 0 bridgehead atoms. The Labute approximate surface area is 211 Å². The van der Waals surface area contributed by atoms with Gasteiger partial charge in [0.15, 0.2) is 0 Å². The van der Waals surface area contributed by atoms with Crippen LogP contribution in [0.1, 0.15) is 19.4 Å². The molecule has 3 N–H and O–H groups in total. The van der Waals surface area contributed by atoms with Crippen LogP contribution in [0.5, 0.6) is 11.5 Å². The average molecular weight is 526 g/mol. The van der Waals surface area contributed by atoms with E-state index in [0.29, 0.717) is 36.5 Å². The van der Waals surface area contributed by atoms with Gasteiger partial charge in [-0.15, -0.1) is 0 Å². The SMILES string of the molecule is CC(C)NCC(O)COc1ccc(OCCn2cc(Cl)cn2)cc1.Cc1ccc(S(=O)(=O)O)cc1. The van der Waals surface area contributed by atoms with E-state index in [4.69, 9.17) is 25.6 Å². The molecule has 2 aromatic carbocycles. The third kappa shape index (κ3) is 11.6. The highest BCUT2D eigenvalue weighted by Crippen LogP contribution is 2.18. The molecule has 11 heteroatoms. The fraction of sp³-hybridized carbons (Fsp3) is 0.375. The zero-order valence-corrected chi connectivity index (χ0v) is 21.5. The van der Waals surface area contributed by atoms with Crippen molar-refractivity contribution in [3.63, 3.8) is 0 Å². The van der Waals surface area contributed by atoms with Gasteiger partial charge in [-0.2, -0.15) is 13.5 Å². The van der Waals surface area contributed by atoms with Crippen LogP contribution in [0.4, 0.5) is 0 Å². The van der Waals surface area contributed by atoms with E-state index in [9.17, 15) is 13.5 Å². The number of ether oxygens (including phenoxy) is 2. The van der Waals surface area contributed by atoms with Gasteiger partial charge in [0, 0.05) is 18.8 Å². The second kappa shape index (κ2) is 14.1. The van der Waals surface area contributed by atoms with Crippen molar-refractivity contribution in [1.29, 1.82) is 0 Å². The van der Waals surface area contributed by atoms with Crippen molar-refractivity contribution in [1.82, 2.24) is 15.1 Å². The molecule has 35 heavy (non-hydrogen) atoms. The van der Waals surface area contributed by atoms with E-state index in [0.717, 1.165) is 11.3 Å². The van der Waals surface area contributed by atoms with E-state index < -0.39 is 16.2 Å². The molecule has 192 valence electrons. The zero-order chi connectivity index (χ0) is 25.8. The predicted octanol–water partition coefficient (Wildman–Crippen LogP) is 3.59. The first kappa shape index (κ1) is 28.6. The maximum absolute atomic E-state index is 10.5. The van der Waals surface area contributed by atoms with E-state index in [2.05, 4.69) is 10.4 Å². The molecular formula is C24H32ClN3O6S. The van der Waals surface area contributed by atoms with E-state index in [1.54, 1.807) is 29.2 Å². The lowest BCUT2D eigenvalue weighted by Gasteiger charge is -2.15. The van der Waals surface area contributed by atoms with Crippen LogP contribution in [0.15, 0.2) is 65.8 Å². The molecule has 0 spiro atoms. The van der Waals surface area contributed by atoms with Crippen molar-refractivity contribution < 1.29 is 27.6 Å². The average Bonchev–Trinajstić information content (AvgIpc) is 3.22. The van der Waals surface area contributed by atoms with Crippen molar-refractivity contribution in [2.45, 2.75) is 44.4 Å². The van der Waals surface area contributed by atoms with Crippen molar-refractivity contribution >= 4 is 21.7 Å². The molecule has 0 aliphatic carbocycles. The van der Waals surface area contributed by atoms with Gasteiger partial charge in [-0.3, -0.25) is 9.23 Å². The highest BCUT2D eigenvalue weighted by Gasteiger charge is 2.07. The number of aromatic nitrogens is 2. The lowest BCUT2D eigenvalue weighted by atomic mass is 10.2. The van der Waals surface area contributed by atoms with Gasteiger partial charge in [-0.1, -0.05) is 43.1 Å². The van der Waals surface area contributed by atoms with Gasteiger partial charge < -0.3 is 19.9 Å². The van der Waals surface area contributed by atoms with Crippen LogP contribution in [-0.2, 0) is 16.7 Å².